The molecule has 1 aliphatic rings. The lowest BCUT2D eigenvalue weighted by Crippen LogP contribution is -3.14. The lowest BCUT2D eigenvalue weighted by molar-refractivity contribution is -0.908. The summed E-state index contributed by atoms with van der Waals surface area (Å²) in [6.45, 7) is 10.2. The lowest BCUT2D eigenvalue weighted by atomic mass is 10.2. The fourth-order valence-corrected chi connectivity index (χ4v) is 4.33. The maximum atomic E-state index is 5.50. The molecule has 0 amide bonds. The highest BCUT2D eigenvalue weighted by Crippen LogP contribution is 2.31. The highest BCUT2D eigenvalue weighted by atomic mass is 16.5. The highest BCUT2D eigenvalue weighted by molar-refractivity contribution is 5.94. The fraction of sp³-hybridized carbons (Fsp3) is 0.409. The van der Waals surface area contributed by atoms with Crippen LogP contribution in [0.2, 0.25) is 0 Å². The number of aromatic nitrogens is 5. The number of nitrogens with one attached hydrogen (secondary N) is 1. The van der Waals surface area contributed by atoms with E-state index < -0.39 is 0 Å². The molecule has 1 aromatic carbocycles. The van der Waals surface area contributed by atoms with Crippen molar-refractivity contribution in [1.82, 2.24) is 24.1 Å². The molecule has 0 atom stereocenters. The molecule has 5 rings (SSSR count). The van der Waals surface area contributed by atoms with E-state index in [1.165, 1.54) is 11.3 Å². The van der Waals surface area contributed by atoms with Crippen LogP contribution in [0, 0.1) is 13.8 Å². The average molecular weight is 407 g/mol. The van der Waals surface area contributed by atoms with Crippen LogP contribution in [0.1, 0.15) is 11.3 Å². The summed E-state index contributed by atoms with van der Waals surface area (Å²) in [5, 5.41) is 5.75. The van der Waals surface area contributed by atoms with Crippen LogP contribution in [-0.4, -0.2) is 64.1 Å². The number of hydrogen-bond acceptors (Lipinski definition) is 5. The van der Waals surface area contributed by atoms with Gasteiger partial charge in [-0.1, -0.05) is 12.1 Å². The molecule has 1 saturated heterocycles. The Morgan fingerprint density at radius 2 is 1.93 bits per heavy atom. The molecule has 8 nitrogen and oxygen atoms in total. The van der Waals surface area contributed by atoms with Gasteiger partial charge in [-0.2, -0.15) is 0 Å². The molecule has 3 aromatic heterocycles. The van der Waals surface area contributed by atoms with Crippen molar-refractivity contribution >= 4 is 16.7 Å². The summed E-state index contributed by atoms with van der Waals surface area (Å²) in [6.07, 6.45) is 1.76. The zero-order valence-corrected chi connectivity index (χ0v) is 17.7. The van der Waals surface area contributed by atoms with E-state index in [0.29, 0.717) is 5.82 Å². The molecule has 0 saturated carbocycles. The predicted molar refractivity (Wildman–Crippen MR) is 114 cm³/mol. The van der Waals surface area contributed by atoms with Crippen molar-refractivity contribution in [2.24, 2.45) is 0 Å². The quantitative estimate of drug-likeness (QED) is 0.540. The minimum Gasteiger partial charge on any atom is -0.496 e. The molecule has 0 aliphatic carbocycles. The number of methoxy groups -OCH3 is 1. The second-order valence-electron chi connectivity index (χ2n) is 7.82. The topological polar surface area (TPSA) is 70.9 Å². The Morgan fingerprint density at radius 1 is 1.13 bits per heavy atom. The molecular weight excluding hydrogens is 380 g/mol. The van der Waals surface area contributed by atoms with Crippen LogP contribution in [0.15, 0.2) is 30.6 Å². The first-order valence-corrected chi connectivity index (χ1v) is 10.4. The standard InChI is InChI=1S/C22H26N6O2/c1-15-16(2)27(9-8-26-10-12-30-13-11-26)21-19(15)22-24-20(25-28(22)14-23-21)17-6-4-5-7-18(17)29-3/h4-7,14H,8-13H2,1-3H3/p+1. The van der Waals surface area contributed by atoms with E-state index in [4.69, 9.17) is 19.4 Å². The minimum atomic E-state index is 0.643. The number of morpholine rings is 1. The van der Waals surface area contributed by atoms with Gasteiger partial charge in [-0.05, 0) is 31.5 Å². The molecule has 8 heteroatoms. The number of nitrogens with zero attached hydrogens (tertiary/aromatic N) is 5. The van der Waals surface area contributed by atoms with Gasteiger partial charge in [-0.3, -0.25) is 0 Å². The van der Waals surface area contributed by atoms with Crippen molar-refractivity contribution in [2.75, 3.05) is 40.0 Å². The van der Waals surface area contributed by atoms with E-state index in [-0.39, 0.29) is 0 Å². The van der Waals surface area contributed by atoms with Crippen molar-refractivity contribution in [3.05, 3.63) is 41.9 Å². The molecule has 156 valence electrons. The van der Waals surface area contributed by atoms with E-state index >= 15 is 0 Å². The molecule has 4 heterocycles. The van der Waals surface area contributed by atoms with Crippen molar-refractivity contribution in [2.45, 2.75) is 20.4 Å². The first kappa shape index (κ1) is 19.0. The van der Waals surface area contributed by atoms with Gasteiger partial charge >= 0.3 is 0 Å². The number of aryl methyl sites for hydroxylation is 1. The molecule has 0 bridgehead atoms. The Hall–Kier alpha value is -2.97. The summed E-state index contributed by atoms with van der Waals surface area (Å²) in [7, 11) is 1.67. The van der Waals surface area contributed by atoms with Gasteiger partial charge in [-0.25, -0.2) is 14.5 Å². The second kappa shape index (κ2) is 7.70. The van der Waals surface area contributed by atoms with Gasteiger partial charge in [0.05, 0.1) is 44.4 Å². The van der Waals surface area contributed by atoms with Crippen LogP contribution in [0.25, 0.3) is 28.1 Å². The molecule has 1 aliphatic heterocycles. The lowest BCUT2D eigenvalue weighted by Gasteiger charge is -2.24. The third-order valence-electron chi connectivity index (χ3n) is 6.18. The van der Waals surface area contributed by atoms with Crippen molar-refractivity contribution in [1.29, 1.82) is 0 Å². The van der Waals surface area contributed by atoms with Gasteiger partial charge in [0.25, 0.3) is 0 Å². The fourth-order valence-electron chi connectivity index (χ4n) is 4.33. The largest absolute Gasteiger partial charge is 0.496 e. The Bertz CT molecular complexity index is 1210. The zero-order valence-electron chi connectivity index (χ0n) is 17.7. The summed E-state index contributed by atoms with van der Waals surface area (Å²) in [6, 6.07) is 7.82. The number of ether oxygens (including phenoxy) is 2. The smallest absolute Gasteiger partial charge is 0.185 e. The molecule has 0 unspecified atom stereocenters. The highest BCUT2D eigenvalue weighted by Gasteiger charge is 2.21. The van der Waals surface area contributed by atoms with E-state index in [2.05, 4.69) is 23.5 Å². The first-order chi connectivity index (χ1) is 14.7. The van der Waals surface area contributed by atoms with Gasteiger partial charge in [0.1, 0.15) is 30.8 Å². The summed E-state index contributed by atoms with van der Waals surface area (Å²) < 4.78 is 15.1. The number of para-hydroxylation sites is 1. The second-order valence-corrected chi connectivity index (χ2v) is 7.82. The maximum Gasteiger partial charge on any atom is 0.185 e. The van der Waals surface area contributed by atoms with Crippen LogP contribution in [0.3, 0.4) is 0 Å². The predicted octanol–water partition coefficient (Wildman–Crippen LogP) is 1.29. The monoisotopic (exact) mass is 407 g/mol. The Labute approximate surface area is 175 Å². The SMILES string of the molecule is COc1ccccc1-c1nc2c3c(C)c(C)n(CC[NH+]4CCOCC4)c3ncn2n1. The average Bonchev–Trinajstić information content (AvgIpc) is 3.32. The summed E-state index contributed by atoms with van der Waals surface area (Å²) in [5.41, 5.74) is 5.13. The van der Waals surface area contributed by atoms with Gasteiger partial charge in [0, 0.05) is 5.69 Å². The van der Waals surface area contributed by atoms with E-state index in [9.17, 15) is 0 Å². The summed E-state index contributed by atoms with van der Waals surface area (Å²) >= 11 is 0. The number of rotatable bonds is 5. The van der Waals surface area contributed by atoms with Gasteiger partial charge in [-0.15, -0.1) is 5.10 Å². The van der Waals surface area contributed by atoms with Gasteiger partial charge < -0.3 is 18.9 Å². The number of benzene rings is 1. The molecule has 0 spiro atoms. The van der Waals surface area contributed by atoms with E-state index in [1.807, 2.05) is 24.3 Å². The third-order valence-corrected chi connectivity index (χ3v) is 6.18. The van der Waals surface area contributed by atoms with Crippen LogP contribution in [-0.2, 0) is 11.3 Å². The number of hydrogen-bond donors (Lipinski definition) is 1. The maximum absolute atomic E-state index is 5.50. The summed E-state index contributed by atoms with van der Waals surface area (Å²) in [5.74, 6) is 1.40. The normalized spacial score (nSPS) is 15.3. The molecule has 30 heavy (non-hydrogen) atoms. The van der Waals surface area contributed by atoms with E-state index in [1.54, 1.807) is 22.9 Å². The van der Waals surface area contributed by atoms with Crippen LogP contribution >= 0.6 is 0 Å². The van der Waals surface area contributed by atoms with Crippen LogP contribution < -0.4 is 9.64 Å². The van der Waals surface area contributed by atoms with Gasteiger partial charge in [0.2, 0.25) is 0 Å². The zero-order chi connectivity index (χ0) is 20.7. The van der Waals surface area contributed by atoms with Crippen molar-refractivity contribution in [3.63, 3.8) is 0 Å². The summed E-state index contributed by atoms with van der Waals surface area (Å²) in [4.78, 5) is 11.2. The Kier molecular flexibility index (Phi) is 4.88. The minimum absolute atomic E-state index is 0.643. The van der Waals surface area contributed by atoms with Crippen LogP contribution in [0.5, 0.6) is 5.75 Å². The Morgan fingerprint density at radius 3 is 2.73 bits per heavy atom. The Balaban J connectivity index is 1.57. The molecule has 4 aromatic rings. The number of quaternary nitrogens is 1. The third kappa shape index (κ3) is 3.12. The van der Waals surface area contributed by atoms with Crippen molar-refractivity contribution < 1.29 is 14.4 Å². The molecule has 1 fully saturated rings. The molecule has 1 N–H and O–H groups in total. The first-order valence-electron chi connectivity index (χ1n) is 10.4. The van der Waals surface area contributed by atoms with Crippen LogP contribution in [0.4, 0.5) is 0 Å². The molecule has 0 radical (unpaired) electrons. The van der Waals surface area contributed by atoms with Crippen molar-refractivity contribution in [3.8, 4) is 17.1 Å². The molecular formula is C22H27N6O2+. The van der Waals surface area contributed by atoms with E-state index in [0.717, 1.165) is 67.4 Å². The van der Waals surface area contributed by atoms with Gasteiger partial charge in [0.15, 0.2) is 11.5 Å². The number of fused-ring (bicyclic) bond motifs is 3.